The number of nitrogens with zero attached hydrogens (tertiary/aromatic N) is 3. The third-order valence-corrected chi connectivity index (χ3v) is 3.23. The Morgan fingerprint density at radius 3 is 2.41 bits per heavy atom. The lowest BCUT2D eigenvalue weighted by Crippen LogP contribution is -2.28. The molecule has 94 valence electrons. The fourth-order valence-corrected chi connectivity index (χ4v) is 2.40. The Morgan fingerprint density at radius 1 is 1.12 bits per heavy atom. The number of hydrogen-bond donors (Lipinski definition) is 1. The van der Waals surface area contributed by atoms with Crippen LogP contribution in [-0.2, 0) is 6.54 Å². The summed E-state index contributed by atoms with van der Waals surface area (Å²) in [5.41, 5.74) is 6.71. The molecule has 2 rings (SSSR count). The lowest BCUT2D eigenvalue weighted by atomic mass is 10.1. The van der Waals surface area contributed by atoms with E-state index in [0.717, 1.165) is 31.2 Å². The smallest absolute Gasteiger partial charge is 0.144 e. The molecule has 17 heavy (non-hydrogen) atoms. The van der Waals surface area contributed by atoms with Gasteiger partial charge in [-0.05, 0) is 32.9 Å². The second-order valence-electron chi connectivity index (χ2n) is 4.89. The van der Waals surface area contributed by atoms with Gasteiger partial charge in [-0.2, -0.15) is 0 Å². The molecule has 0 aliphatic carbocycles. The van der Waals surface area contributed by atoms with E-state index >= 15 is 0 Å². The molecule has 0 saturated carbocycles. The normalized spacial score (nSPS) is 18.6. The molecule has 1 saturated heterocycles. The standard InChI is InChI=1S/C13H22N4/c1-11-9-12(14)16-13(15-11)10-17-7-5-3-2-4-6-8-17/h9H,2-8,10H2,1H3,(H2,14,15,16). The minimum absolute atomic E-state index is 0.583. The molecule has 0 aromatic carbocycles. The lowest BCUT2D eigenvalue weighted by Gasteiger charge is -2.23. The largest absolute Gasteiger partial charge is 0.384 e. The molecule has 1 aliphatic rings. The van der Waals surface area contributed by atoms with Crippen LogP contribution in [0.25, 0.3) is 0 Å². The highest BCUT2D eigenvalue weighted by Crippen LogP contribution is 2.12. The van der Waals surface area contributed by atoms with Gasteiger partial charge in [0.05, 0.1) is 6.54 Å². The first-order valence-corrected chi connectivity index (χ1v) is 6.56. The van der Waals surface area contributed by atoms with Crippen LogP contribution in [0.5, 0.6) is 0 Å². The Kier molecular flexibility index (Phi) is 4.31. The second-order valence-corrected chi connectivity index (χ2v) is 4.89. The van der Waals surface area contributed by atoms with Crippen molar-refractivity contribution in [3.8, 4) is 0 Å². The van der Waals surface area contributed by atoms with Gasteiger partial charge in [-0.15, -0.1) is 0 Å². The lowest BCUT2D eigenvalue weighted by molar-refractivity contribution is 0.234. The van der Waals surface area contributed by atoms with Crippen LogP contribution in [0.3, 0.4) is 0 Å². The van der Waals surface area contributed by atoms with Crippen molar-refractivity contribution >= 4 is 5.82 Å². The van der Waals surface area contributed by atoms with Crippen molar-refractivity contribution in [2.75, 3.05) is 18.8 Å². The minimum atomic E-state index is 0.583. The average molecular weight is 234 g/mol. The van der Waals surface area contributed by atoms with Gasteiger partial charge in [-0.3, -0.25) is 4.90 Å². The maximum absolute atomic E-state index is 5.75. The molecule has 0 spiro atoms. The summed E-state index contributed by atoms with van der Waals surface area (Å²) in [4.78, 5) is 11.2. The summed E-state index contributed by atoms with van der Waals surface area (Å²) in [6, 6.07) is 1.82. The third-order valence-electron chi connectivity index (χ3n) is 3.23. The van der Waals surface area contributed by atoms with E-state index in [1.165, 1.54) is 32.1 Å². The molecule has 4 nitrogen and oxygen atoms in total. The van der Waals surface area contributed by atoms with E-state index in [1.807, 2.05) is 13.0 Å². The summed E-state index contributed by atoms with van der Waals surface area (Å²) >= 11 is 0. The van der Waals surface area contributed by atoms with Crippen molar-refractivity contribution in [1.82, 2.24) is 14.9 Å². The Bertz CT molecular complexity index is 336. The van der Waals surface area contributed by atoms with Crippen LogP contribution in [0.1, 0.15) is 43.6 Å². The molecule has 2 N–H and O–H groups in total. The molecule has 4 heteroatoms. The Balaban J connectivity index is 1.97. The van der Waals surface area contributed by atoms with Gasteiger partial charge in [-0.25, -0.2) is 9.97 Å². The van der Waals surface area contributed by atoms with Crippen molar-refractivity contribution in [3.63, 3.8) is 0 Å². The van der Waals surface area contributed by atoms with Gasteiger partial charge >= 0.3 is 0 Å². The fraction of sp³-hybridized carbons (Fsp3) is 0.692. The van der Waals surface area contributed by atoms with Crippen LogP contribution in [0.4, 0.5) is 5.82 Å². The number of nitrogens with two attached hydrogens (primary N) is 1. The van der Waals surface area contributed by atoms with Crippen LogP contribution >= 0.6 is 0 Å². The van der Waals surface area contributed by atoms with E-state index in [4.69, 9.17) is 5.73 Å². The van der Waals surface area contributed by atoms with Crippen LogP contribution in [-0.4, -0.2) is 28.0 Å². The van der Waals surface area contributed by atoms with Gasteiger partial charge < -0.3 is 5.73 Å². The number of aryl methyl sites for hydroxylation is 1. The van der Waals surface area contributed by atoms with Crippen LogP contribution in [0, 0.1) is 6.92 Å². The molecule has 0 unspecified atom stereocenters. The predicted molar refractivity (Wildman–Crippen MR) is 69.5 cm³/mol. The quantitative estimate of drug-likeness (QED) is 0.851. The summed E-state index contributed by atoms with van der Waals surface area (Å²) in [6.07, 6.45) is 6.69. The van der Waals surface area contributed by atoms with Gasteiger partial charge in [0.1, 0.15) is 11.6 Å². The number of rotatable bonds is 2. The number of aromatic nitrogens is 2. The number of hydrogen-bond acceptors (Lipinski definition) is 4. The van der Waals surface area contributed by atoms with Crippen molar-refractivity contribution in [1.29, 1.82) is 0 Å². The fourth-order valence-electron chi connectivity index (χ4n) is 2.40. The SMILES string of the molecule is Cc1cc(N)nc(CN2CCCCCCC2)n1. The predicted octanol–water partition coefficient (Wildman–Crippen LogP) is 2.13. The second kappa shape index (κ2) is 5.96. The summed E-state index contributed by atoms with van der Waals surface area (Å²) in [7, 11) is 0. The first-order valence-electron chi connectivity index (χ1n) is 6.56. The Hall–Kier alpha value is -1.16. The van der Waals surface area contributed by atoms with Gasteiger partial charge in [-0.1, -0.05) is 19.3 Å². The molecule has 2 heterocycles. The molecule has 1 aliphatic heterocycles. The first kappa shape index (κ1) is 12.3. The molecule has 0 amide bonds. The molecule has 0 radical (unpaired) electrons. The monoisotopic (exact) mass is 234 g/mol. The van der Waals surface area contributed by atoms with Gasteiger partial charge in [0, 0.05) is 11.8 Å². The zero-order valence-corrected chi connectivity index (χ0v) is 10.7. The molecular weight excluding hydrogens is 212 g/mol. The Morgan fingerprint density at radius 2 is 1.76 bits per heavy atom. The minimum Gasteiger partial charge on any atom is -0.384 e. The summed E-state index contributed by atoms with van der Waals surface area (Å²) in [5, 5.41) is 0. The summed E-state index contributed by atoms with van der Waals surface area (Å²) in [5.74, 6) is 1.45. The van der Waals surface area contributed by atoms with Crippen molar-refractivity contribution in [2.24, 2.45) is 0 Å². The molecule has 0 atom stereocenters. The number of nitrogen functional groups attached to an aromatic ring is 1. The van der Waals surface area contributed by atoms with Crippen LogP contribution in [0.2, 0.25) is 0 Å². The molecule has 1 fully saturated rings. The van der Waals surface area contributed by atoms with Gasteiger partial charge in [0.2, 0.25) is 0 Å². The van der Waals surface area contributed by atoms with E-state index in [0.29, 0.717) is 5.82 Å². The highest BCUT2D eigenvalue weighted by molar-refractivity contribution is 5.29. The zero-order chi connectivity index (χ0) is 12.1. The number of likely N-dealkylation sites (tertiary alicyclic amines) is 1. The van der Waals surface area contributed by atoms with E-state index in [-0.39, 0.29) is 0 Å². The van der Waals surface area contributed by atoms with Crippen molar-refractivity contribution in [2.45, 2.75) is 45.6 Å². The van der Waals surface area contributed by atoms with Gasteiger partial charge in [0.15, 0.2) is 0 Å². The van der Waals surface area contributed by atoms with Crippen LogP contribution in [0.15, 0.2) is 6.07 Å². The number of anilines is 1. The summed E-state index contributed by atoms with van der Waals surface area (Å²) < 4.78 is 0. The molecule has 0 bridgehead atoms. The van der Waals surface area contributed by atoms with Crippen LogP contribution < -0.4 is 5.73 Å². The van der Waals surface area contributed by atoms with Crippen molar-refractivity contribution < 1.29 is 0 Å². The topological polar surface area (TPSA) is 55.0 Å². The van der Waals surface area contributed by atoms with E-state index in [9.17, 15) is 0 Å². The van der Waals surface area contributed by atoms with E-state index in [1.54, 1.807) is 0 Å². The van der Waals surface area contributed by atoms with Crippen molar-refractivity contribution in [3.05, 3.63) is 17.6 Å². The third kappa shape index (κ3) is 3.97. The van der Waals surface area contributed by atoms with Gasteiger partial charge in [0.25, 0.3) is 0 Å². The zero-order valence-electron chi connectivity index (χ0n) is 10.7. The highest BCUT2D eigenvalue weighted by atomic mass is 15.1. The maximum Gasteiger partial charge on any atom is 0.144 e. The van der Waals surface area contributed by atoms with E-state index in [2.05, 4.69) is 14.9 Å². The summed E-state index contributed by atoms with van der Waals surface area (Å²) in [6.45, 7) is 5.13. The molecule has 1 aromatic heterocycles. The average Bonchev–Trinajstić information content (AvgIpc) is 2.20. The first-order chi connectivity index (χ1) is 8.24. The highest BCUT2D eigenvalue weighted by Gasteiger charge is 2.10. The Labute approximate surface area is 103 Å². The van der Waals surface area contributed by atoms with E-state index < -0.39 is 0 Å². The molecular formula is C13H22N4. The maximum atomic E-state index is 5.75. The molecule has 1 aromatic rings.